The van der Waals surface area contributed by atoms with E-state index < -0.39 is 6.10 Å². The number of carbonyl (C=O) groups excluding carboxylic acids is 4. The van der Waals surface area contributed by atoms with E-state index in [-0.39, 0.29) is 51.8 Å². The molecule has 1 aliphatic rings. The lowest BCUT2D eigenvalue weighted by molar-refractivity contribution is 0.0833. The van der Waals surface area contributed by atoms with E-state index in [4.69, 9.17) is 4.74 Å². The van der Waals surface area contributed by atoms with Gasteiger partial charge in [-0.25, -0.2) is 0 Å². The molecule has 0 N–H and O–H groups in total. The van der Waals surface area contributed by atoms with Crippen LogP contribution in [0.25, 0.3) is 0 Å². The molecule has 5 heteroatoms. The van der Waals surface area contributed by atoms with Gasteiger partial charge in [0, 0.05) is 11.1 Å². The fraction of sp³-hybridized carbons (Fsp3) is 0.200. The number of carbonyl (C=O) groups is 4. The van der Waals surface area contributed by atoms with E-state index in [2.05, 4.69) is 0 Å². The Morgan fingerprint density at radius 1 is 1.08 bits per heavy atom. The van der Waals surface area contributed by atoms with Crippen molar-refractivity contribution < 1.29 is 23.9 Å². The monoisotopic (exact) mass is 336 g/mol. The Balaban J connectivity index is 2.24. The molecule has 1 heterocycles. The molecule has 1 atom stereocenters. The van der Waals surface area contributed by atoms with Gasteiger partial charge in [0.15, 0.2) is 23.6 Å². The van der Waals surface area contributed by atoms with Crippen LogP contribution in [0.4, 0.5) is 0 Å². The predicted molar refractivity (Wildman–Crippen MR) is 90.6 cm³/mol. The number of ketones is 3. The minimum atomic E-state index is -0.568. The van der Waals surface area contributed by atoms with E-state index in [9.17, 15) is 19.2 Å². The molecule has 3 rings (SSSR count). The maximum absolute atomic E-state index is 12.7. The average molecular weight is 336 g/mol. The van der Waals surface area contributed by atoms with Crippen molar-refractivity contribution in [2.75, 3.05) is 0 Å². The Labute approximate surface area is 144 Å². The first-order chi connectivity index (χ1) is 11.9. The zero-order chi connectivity index (χ0) is 18.1. The number of ether oxygens (including phenoxy) is 1. The number of hydrogen-bond acceptors (Lipinski definition) is 5. The first-order valence-corrected chi connectivity index (χ1v) is 7.87. The number of rotatable bonds is 4. The number of fused-ring (bicyclic) bond motifs is 1. The molecular formula is C20H16O5. The summed E-state index contributed by atoms with van der Waals surface area (Å²) in [5, 5.41) is 0. The molecule has 0 radical (unpaired) electrons. The van der Waals surface area contributed by atoms with Gasteiger partial charge in [-0.3, -0.25) is 19.2 Å². The van der Waals surface area contributed by atoms with Crippen LogP contribution in [0.2, 0.25) is 0 Å². The molecule has 25 heavy (non-hydrogen) atoms. The molecule has 0 unspecified atom stereocenters. The summed E-state index contributed by atoms with van der Waals surface area (Å²) in [7, 11) is 0. The van der Waals surface area contributed by atoms with Crippen molar-refractivity contribution in [3.05, 3.63) is 64.2 Å². The zero-order valence-corrected chi connectivity index (χ0v) is 13.9. The molecule has 0 bridgehead atoms. The van der Waals surface area contributed by atoms with Crippen LogP contribution in [0.1, 0.15) is 73.4 Å². The standard InChI is InChI=1S/C20H16O5/c1-11(22)14-8-15(12(2)23)19-17(24)9-18(13-6-4-3-5-7-13)25-20(19)16(14)10-21/h3-8,10,18H,9H2,1-2H3/t18-/m0/s1. The summed E-state index contributed by atoms with van der Waals surface area (Å²) in [4.78, 5) is 48.2. The van der Waals surface area contributed by atoms with Gasteiger partial charge in [0.2, 0.25) is 0 Å². The van der Waals surface area contributed by atoms with Crippen molar-refractivity contribution >= 4 is 23.6 Å². The van der Waals surface area contributed by atoms with Crippen LogP contribution >= 0.6 is 0 Å². The van der Waals surface area contributed by atoms with E-state index in [0.717, 1.165) is 5.56 Å². The molecule has 1 aliphatic heterocycles. The van der Waals surface area contributed by atoms with Crippen LogP contribution in [-0.2, 0) is 0 Å². The highest BCUT2D eigenvalue weighted by atomic mass is 16.5. The highest BCUT2D eigenvalue weighted by molar-refractivity contribution is 6.15. The third kappa shape index (κ3) is 2.89. The highest BCUT2D eigenvalue weighted by Crippen LogP contribution is 2.40. The second kappa shape index (κ2) is 6.43. The summed E-state index contributed by atoms with van der Waals surface area (Å²) >= 11 is 0. The lowest BCUT2D eigenvalue weighted by Crippen LogP contribution is -2.25. The molecule has 2 aromatic carbocycles. The molecule has 0 fully saturated rings. The van der Waals surface area contributed by atoms with Gasteiger partial charge in [-0.2, -0.15) is 0 Å². The Kier molecular flexibility index (Phi) is 4.31. The molecule has 0 amide bonds. The average Bonchev–Trinajstić information content (AvgIpc) is 2.60. The van der Waals surface area contributed by atoms with Crippen molar-refractivity contribution in [1.29, 1.82) is 0 Å². The largest absolute Gasteiger partial charge is 0.484 e. The molecule has 2 aromatic rings. The van der Waals surface area contributed by atoms with Crippen LogP contribution < -0.4 is 4.74 Å². The summed E-state index contributed by atoms with van der Waals surface area (Å²) in [6.07, 6.45) is -0.00304. The number of benzene rings is 2. The second-order valence-electron chi connectivity index (χ2n) is 5.96. The van der Waals surface area contributed by atoms with Crippen LogP contribution in [0.5, 0.6) is 5.75 Å². The van der Waals surface area contributed by atoms with Crippen LogP contribution in [-0.4, -0.2) is 23.6 Å². The van der Waals surface area contributed by atoms with Crippen molar-refractivity contribution in [1.82, 2.24) is 0 Å². The van der Waals surface area contributed by atoms with Gasteiger partial charge in [0.1, 0.15) is 11.9 Å². The summed E-state index contributed by atoms with van der Waals surface area (Å²) in [5.74, 6) is -0.979. The molecule has 0 aromatic heterocycles. The fourth-order valence-electron chi connectivity index (χ4n) is 3.07. The summed E-state index contributed by atoms with van der Waals surface area (Å²) in [5.41, 5.74) is 1.09. The highest BCUT2D eigenvalue weighted by Gasteiger charge is 2.34. The van der Waals surface area contributed by atoms with Gasteiger partial charge in [-0.1, -0.05) is 30.3 Å². The molecular weight excluding hydrogens is 320 g/mol. The van der Waals surface area contributed by atoms with Gasteiger partial charge < -0.3 is 4.74 Å². The van der Waals surface area contributed by atoms with E-state index >= 15 is 0 Å². The van der Waals surface area contributed by atoms with E-state index in [0.29, 0.717) is 6.29 Å². The molecule has 5 nitrogen and oxygen atoms in total. The van der Waals surface area contributed by atoms with Gasteiger partial charge in [0.05, 0.1) is 17.5 Å². The Morgan fingerprint density at radius 2 is 1.72 bits per heavy atom. The Morgan fingerprint density at radius 3 is 2.28 bits per heavy atom. The smallest absolute Gasteiger partial charge is 0.171 e. The SMILES string of the molecule is CC(=O)c1cc(C(C)=O)c2c(c1C=O)O[C@H](c1ccccc1)CC2=O. The van der Waals surface area contributed by atoms with Crippen molar-refractivity contribution in [2.45, 2.75) is 26.4 Å². The molecule has 126 valence electrons. The Hall–Kier alpha value is -3.08. The minimum Gasteiger partial charge on any atom is -0.484 e. The van der Waals surface area contributed by atoms with Crippen LogP contribution in [0.15, 0.2) is 36.4 Å². The number of aldehydes is 1. The normalized spacial score (nSPS) is 15.9. The quantitative estimate of drug-likeness (QED) is 0.629. The van der Waals surface area contributed by atoms with Crippen molar-refractivity contribution in [3.63, 3.8) is 0 Å². The lowest BCUT2D eigenvalue weighted by Gasteiger charge is -2.28. The first-order valence-electron chi connectivity index (χ1n) is 7.87. The van der Waals surface area contributed by atoms with Crippen LogP contribution in [0.3, 0.4) is 0 Å². The minimum absolute atomic E-state index is 0.0153. The summed E-state index contributed by atoms with van der Waals surface area (Å²) < 4.78 is 5.94. The van der Waals surface area contributed by atoms with Crippen molar-refractivity contribution in [2.24, 2.45) is 0 Å². The molecule has 0 saturated heterocycles. The Bertz CT molecular complexity index is 896. The maximum Gasteiger partial charge on any atom is 0.171 e. The molecule has 0 saturated carbocycles. The maximum atomic E-state index is 12.7. The molecule has 0 aliphatic carbocycles. The first kappa shape index (κ1) is 16.8. The summed E-state index contributed by atoms with van der Waals surface area (Å²) in [6.45, 7) is 2.62. The lowest BCUT2D eigenvalue weighted by atomic mass is 9.87. The number of Topliss-reactive ketones (excluding diaryl/α,β-unsaturated/α-hetero) is 3. The van der Waals surface area contributed by atoms with Crippen LogP contribution in [0, 0.1) is 0 Å². The van der Waals surface area contributed by atoms with Gasteiger partial charge in [-0.05, 0) is 25.5 Å². The number of hydrogen-bond donors (Lipinski definition) is 0. The zero-order valence-electron chi connectivity index (χ0n) is 13.9. The van der Waals surface area contributed by atoms with E-state index in [1.165, 1.54) is 19.9 Å². The van der Waals surface area contributed by atoms with Gasteiger partial charge in [-0.15, -0.1) is 0 Å². The van der Waals surface area contributed by atoms with E-state index in [1.54, 1.807) is 0 Å². The van der Waals surface area contributed by atoms with Gasteiger partial charge >= 0.3 is 0 Å². The second-order valence-corrected chi connectivity index (χ2v) is 5.96. The summed E-state index contributed by atoms with van der Waals surface area (Å²) in [6, 6.07) is 10.5. The third-order valence-electron chi connectivity index (χ3n) is 4.28. The molecule has 0 spiro atoms. The van der Waals surface area contributed by atoms with Gasteiger partial charge in [0.25, 0.3) is 0 Å². The topological polar surface area (TPSA) is 77.5 Å². The predicted octanol–water partition coefficient (Wildman–Crippen LogP) is 3.61. The fourth-order valence-corrected chi connectivity index (χ4v) is 3.07. The van der Waals surface area contributed by atoms with E-state index in [1.807, 2.05) is 30.3 Å². The van der Waals surface area contributed by atoms with Crippen molar-refractivity contribution in [3.8, 4) is 5.75 Å². The third-order valence-corrected chi connectivity index (χ3v) is 4.28.